The van der Waals surface area contributed by atoms with Crippen LogP contribution in [0.25, 0.3) is 0 Å². The zero-order valence-corrected chi connectivity index (χ0v) is 12.3. The molecule has 2 rings (SSSR count). The number of furan rings is 1. The fraction of sp³-hybridized carbons (Fsp3) is 0.267. The van der Waals surface area contributed by atoms with E-state index in [0.29, 0.717) is 5.75 Å². The molecule has 1 unspecified atom stereocenters. The maximum atomic E-state index is 11.8. The second-order valence-electron chi connectivity index (χ2n) is 4.27. The molecule has 0 fully saturated rings. The smallest absolute Gasteiger partial charge is 0.230 e. The number of carbonyl (C=O) groups is 1. The van der Waals surface area contributed by atoms with Crippen LogP contribution in [0.5, 0.6) is 5.75 Å². The van der Waals surface area contributed by atoms with Crippen LogP contribution in [0.1, 0.15) is 18.7 Å². The summed E-state index contributed by atoms with van der Waals surface area (Å²) in [5, 5.41) is 2.90. The average Bonchev–Trinajstić information content (AvgIpc) is 3.00. The first-order valence-electron chi connectivity index (χ1n) is 6.28. The summed E-state index contributed by atoms with van der Waals surface area (Å²) in [6, 6.07) is 11.2. The molecular weight excluding hydrogens is 274 g/mol. The molecular formula is C15H17NO3S. The topological polar surface area (TPSA) is 51.5 Å². The van der Waals surface area contributed by atoms with Crippen LogP contribution in [0, 0.1) is 0 Å². The Morgan fingerprint density at radius 3 is 2.70 bits per heavy atom. The third kappa shape index (κ3) is 4.06. The van der Waals surface area contributed by atoms with E-state index in [9.17, 15) is 4.79 Å². The number of hydrogen-bond donors (Lipinski definition) is 1. The molecule has 4 nitrogen and oxygen atoms in total. The fourth-order valence-corrected chi connectivity index (χ4v) is 2.42. The van der Waals surface area contributed by atoms with Gasteiger partial charge < -0.3 is 14.5 Å². The Hall–Kier alpha value is -1.88. The van der Waals surface area contributed by atoms with Gasteiger partial charge in [0.05, 0.1) is 25.2 Å². The third-order valence-corrected chi connectivity index (χ3v) is 3.79. The number of rotatable bonds is 6. The van der Waals surface area contributed by atoms with Crippen molar-refractivity contribution in [3.63, 3.8) is 0 Å². The van der Waals surface area contributed by atoms with E-state index in [4.69, 9.17) is 9.15 Å². The molecule has 0 saturated heterocycles. The van der Waals surface area contributed by atoms with Crippen molar-refractivity contribution < 1.29 is 13.9 Å². The van der Waals surface area contributed by atoms with Crippen LogP contribution in [0.15, 0.2) is 52.0 Å². The molecule has 1 heterocycles. The highest BCUT2D eigenvalue weighted by molar-refractivity contribution is 8.00. The van der Waals surface area contributed by atoms with Crippen molar-refractivity contribution in [3.8, 4) is 5.75 Å². The molecule has 0 radical (unpaired) electrons. The van der Waals surface area contributed by atoms with E-state index in [0.717, 1.165) is 16.4 Å². The minimum Gasteiger partial charge on any atom is -0.497 e. The molecule has 1 amide bonds. The predicted molar refractivity (Wildman–Crippen MR) is 79.0 cm³/mol. The first kappa shape index (κ1) is 14.5. The van der Waals surface area contributed by atoms with E-state index >= 15 is 0 Å². The Balaban J connectivity index is 1.79. The average molecular weight is 291 g/mol. The molecule has 1 N–H and O–H groups in total. The maximum Gasteiger partial charge on any atom is 0.230 e. The minimum atomic E-state index is -0.117. The largest absolute Gasteiger partial charge is 0.497 e. The number of thioether (sulfide) groups is 1. The molecule has 0 spiro atoms. The van der Waals surface area contributed by atoms with Gasteiger partial charge in [-0.25, -0.2) is 0 Å². The summed E-state index contributed by atoms with van der Waals surface area (Å²) < 4.78 is 10.3. The lowest BCUT2D eigenvalue weighted by atomic mass is 10.2. The Kier molecular flexibility index (Phi) is 5.12. The first-order valence-corrected chi connectivity index (χ1v) is 7.27. The van der Waals surface area contributed by atoms with Gasteiger partial charge in [0.2, 0.25) is 5.91 Å². The van der Waals surface area contributed by atoms with E-state index in [-0.39, 0.29) is 11.9 Å². The van der Waals surface area contributed by atoms with E-state index in [2.05, 4.69) is 5.32 Å². The number of methoxy groups -OCH3 is 1. The number of amides is 1. The van der Waals surface area contributed by atoms with Crippen molar-refractivity contribution in [1.82, 2.24) is 5.32 Å². The van der Waals surface area contributed by atoms with Crippen LogP contribution < -0.4 is 10.1 Å². The van der Waals surface area contributed by atoms with Gasteiger partial charge in [0.15, 0.2) is 0 Å². The van der Waals surface area contributed by atoms with Gasteiger partial charge in [0.1, 0.15) is 11.5 Å². The first-order chi connectivity index (χ1) is 9.69. The second kappa shape index (κ2) is 7.05. The normalized spacial score (nSPS) is 11.9. The van der Waals surface area contributed by atoms with Crippen molar-refractivity contribution in [2.45, 2.75) is 17.9 Å². The summed E-state index contributed by atoms with van der Waals surface area (Å²) >= 11 is 1.49. The van der Waals surface area contributed by atoms with Crippen LogP contribution in [0.3, 0.4) is 0 Å². The molecule has 0 aliphatic rings. The van der Waals surface area contributed by atoms with E-state index < -0.39 is 0 Å². The molecule has 0 aliphatic heterocycles. The molecule has 0 aliphatic carbocycles. The molecule has 5 heteroatoms. The monoisotopic (exact) mass is 291 g/mol. The highest BCUT2D eigenvalue weighted by Crippen LogP contribution is 2.21. The summed E-state index contributed by atoms with van der Waals surface area (Å²) in [6.07, 6.45) is 1.60. The van der Waals surface area contributed by atoms with Gasteiger partial charge >= 0.3 is 0 Å². The third-order valence-electron chi connectivity index (χ3n) is 2.78. The van der Waals surface area contributed by atoms with Crippen LogP contribution in [-0.4, -0.2) is 18.8 Å². The van der Waals surface area contributed by atoms with Gasteiger partial charge in [-0.05, 0) is 43.3 Å². The Morgan fingerprint density at radius 1 is 1.35 bits per heavy atom. The predicted octanol–water partition coefficient (Wildman–Crippen LogP) is 3.26. The Morgan fingerprint density at radius 2 is 2.10 bits per heavy atom. The van der Waals surface area contributed by atoms with Crippen LogP contribution in [0.4, 0.5) is 0 Å². The van der Waals surface area contributed by atoms with Crippen molar-refractivity contribution in [3.05, 3.63) is 48.4 Å². The molecule has 2 aromatic rings. The van der Waals surface area contributed by atoms with Crippen LogP contribution >= 0.6 is 11.8 Å². The highest BCUT2D eigenvalue weighted by atomic mass is 32.2. The summed E-state index contributed by atoms with van der Waals surface area (Å²) in [7, 11) is 1.63. The molecule has 1 aromatic heterocycles. The standard InChI is InChI=1S/C15H17NO3S/c1-11(14-4-3-9-19-14)16-15(17)10-20-13-7-5-12(18-2)6-8-13/h3-9,11H,10H2,1-2H3,(H,16,17). The van der Waals surface area contributed by atoms with Crippen LogP contribution in [0.2, 0.25) is 0 Å². The van der Waals surface area contributed by atoms with E-state index in [1.54, 1.807) is 13.4 Å². The lowest BCUT2D eigenvalue weighted by molar-refractivity contribution is -0.119. The number of nitrogens with one attached hydrogen (secondary N) is 1. The molecule has 1 atom stereocenters. The fourth-order valence-electron chi connectivity index (χ4n) is 1.71. The molecule has 20 heavy (non-hydrogen) atoms. The molecule has 0 saturated carbocycles. The zero-order chi connectivity index (χ0) is 14.4. The van der Waals surface area contributed by atoms with Crippen LogP contribution in [-0.2, 0) is 4.79 Å². The Bertz CT molecular complexity index is 537. The van der Waals surface area contributed by atoms with E-state index in [1.807, 2.05) is 43.3 Å². The second-order valence-corrected chi connectivity index (χ2v) is 5.32. The van der Waals surface area contributed by atoms with Gasteiger partial charge in [0, 0.05) is 4.90 Å². The SMILES string of the molecule is COc1ccc(SCC(=O)NC(C)c2ccco2)cc1. The summed E-state index contributed by atoms with van der Waals surface area (Å²) in [6.45, 7) is 1.90. The van der Waals surface area contributed by atoms with E-state index in [1.165, 1.54) is 11.8 Å². The zero-order valence-electron chi connectivity index (χ0n) is 11.5. The summed E-state index contributed by atoms with van der Waals surface area (Å²) in [5.74, 6) is 1.92. The number of hydrogen-bond acceptors (Lipinski definition) is 4. The highest BCUT2D eigenvalue weighted by Gasteiger charge is 2.11. The van der Waals surface area contributed by atoms with Gasteiger partial charge in [-0.2, -0.15) is 0 Å². The van der Waals surface area contributed by atoms with Gasteiger partial charge in [-0.3, -0.25) is 4.79 Å². The number of benzene rings is 1. The molecule has 106 valence electrons. The van der Waals surface area contributed by atoms with Crippen molar-refractivity contribution in [1.29, 1.82) is 0 Å². The molecule has 0 bridgehead atoms. The lowest BCUT2D eigenvalue weighted by Gasteiger charge is -2.11. The Labute approximate surface area is 122 Å². The quantitative estimate of drug-likeness (QED) is 0.830. The maximum absolute atomic E-state index is 11.8. The summed E-state index contributed by atoms with van der Waals surface area (Å²) in [4.78, 5) is 12.9. The van der Waals surface area contributed by atoms with Gasteiger partial charge in [-0.1, -0.05) is 0 Å². The number of ether oxygens (including phenoxy) is 1. The van der Waals surface area contributed by atoms with Gasteiger partial charge in [0.25, 0.3) is 0 Å². The lowest BCUT2D eigenvalue weighted by Crippen LogP contribution is -2.27. The van der Waals surface area contributed by atoms with Gasteiger partial charge in [-0.15, -0.1) is 11.8 Å². The number of carbonyl (C=O) groups excluding carboxylic acids is 1. The minimum absolute atomic E-state index is 0.0188. The molecule has 1 aromatic carbocycles. The summed E-state index contributed by atoms with van der Waals surface area (Å²) in [5.41, 5.74) is 0. The van der Waals surface area contributed by atoms with Crippen molar-refractivity contribution in [2.24, 2.45) is 0 Å². The van der Waals surface area contributed by atoms with Crippen molar-refractivity contribution in [2.75, 3.05) is 12.9 Å². The van der Waals surface area contributed by atoms with Crippen molar-refractivity contribution >= 4 is 17.7 Å².